The summed E-state index contributed by atoms with van der Waals surface area (Å²) >= 11 is 0. The molecule has 0 spiro atoms. The van der Waals surface area contributed by atoms with Gasteiger partial charge in [0.15, 0.2) is 5.82 Å². The third kappa shape index (κ3) is 4.68. The molecule has 2 amide bonds. The zero-order valence-electron chi connectivity index (χ0n) is 19.2. The van der Waals surface area contributed by atoms with Crippen molar-refractivity contribution in [2.45, 2.75) is 24.8 Å². The van der Waals surface area contributed by atoms with Gasteiger partial charge in [0.2, 0.25) is 11.8 Å². The molecule has 174 valence electrons. The summed E-state index contributed by atoms with van der Waals surface area (Å²) in [5.41, 5.74) is 9.36. The second kappa shape index (κ2) is 9.89. The number of nitrogens with two attached hydrogens (primary N) is 1. The third-order valence-corrected chi connectivity index (χ3v) is 6.49. The van der Waals surface area contributed by atoms with Crippen molar-refractivity contribution >= 4 is 11.8 Å². The van der Waals surface area contributed by atoms with Crippen molar-refractivity contribution in [2.75, 3.05) is 6.54 Å². The molecule has 5 rings (SSSR count). The van der Waals surface area contributed by atoms with Crippen molar-refractivity contribution in [3.63, 3.8) is 0 Å². The van der Waals surface area contributed by atoms with Crippen LogP contribution in [0.1, 0.15) is 52.0 Å². The Balaban J connectivity index is 1.46. The summed E-state index contributed by atoms with van der Waals surface area (Å²) in [6, 6.07) is 28.6. The van der Waals surface area contributed by atoms with Gasteiger partial charge in [-0.1, -0.05) is 72.8 Å². The highest BCUT2D eigenvalue weighted by atomic mass is 16.2. The average molecular weight is 463 g/mol. The van der Waals surface area contributed by atoms with E-state index in [1.54, 1.807) is 30.5 Å². The van der Waals surface area contributed by atoms with Crippen LogP contribution in [-0.2, 0) is 4.79 Å². The summed E-state index contributed by atoms with van der Waals surface area (Å²) in [6.07, 6.45) is 3.49. The summed E-state index contributed by atoms with van der Waals surface area (Å²) in [6.45, 7) is 0.687. The molecule has 2 heterocycles. The fourth-order valence-electron chi connectivity index (χ4n) is 4.75. The van der Waals surface area contributed by atoms with Gasteiger partial charge in [-0.3, -0.25) is 9.59 Å². The van der Waals surface area contributed by atoms with E-state index < -0.39 is 5.91 Å². The first kappa shape index (κ1) is 22.5. The Hall–Kier alpha value is -4.32. The van der Waals surface area contributed by atoms with E-state index in [9.17, 15) is 9.59 Å². The smallest absolute Gasteiger partial charge is 0.248 e. The maximum absolute atomic E-state index is 14.0. The SMILES string of the molecule is NC(=O)c1ccc(-c2nccc([C@@H]3CCCN3C(=O)C(c3ccccc3)c3ccccc3)n2)cc1. The van der Waals surface area contributed by atoms with Gasteiger partial charge < -0.3 is 10.6 Å². The molecule has 1 fully saturated rings. The van der Waals surface area contributed by atoms with E-state index in [1.807, 2.05) is 71.6 Å². The molecule has 0 saturated carbocycles. The molecule has 0 aliphatic carbocycles. The Morgan fingerprint density at radius 2 is 1.49 bits per heavy atom. The van der Waals surface area contributed by atoms with Gasteiger partial charge in [-0.25, -0.2) is 9.97 Å². The van der Waals surface area contributed by atoms with Crippen molar-refractivity contribution in [2.24, 2.45) is 5.73 Å². The lowest BCUT2D eigenvalue weighted by atomic mass is 9.89. The van der Waals surface area contributed by atoms with E-state index in [0.29, 0.717) is 17.9 Å². The highest BCUT2D eigenvalue weighted by Gasteiger charge is 2.36. The molecule has 2 N–H and O–H groups in total. The lowest BCUT2D eigenvalue weighted by molar-refractivity contribution is -0.132. The number of hydrogen-bond acceptors (Lipinski definition) is 4. The maximum atomic E-state index is 14.0. The summed E-state index contributed by atoms with van der Waals surface area (Å²) < 4.78 is 0. The van der Waals surface area contributed by atoms with Crippen LogP contribution < -0.4 is 5.73 Å². The van der Waals surface area contributed by atoms with Crippen LogP contribution in [0, 0.1) is 0 Å². The monoisotopic (exact) mass is 462 g/mol. The van der Waals surface area contributed by atoms with E-state index in [2.05, 4.69) is 4.98 Å². The van der Waals surface area contributed by atoms with Crippen LogP contribution >= 0.6 is 0 Å². The molecular weight excluding hydrogens is 436 g/mol. The van der Waals surface area contributed by atoms with Gasteiger partial charge in [-0.15, -0.1) is 0 Å². The Morgan fingerprint density at radius 3 is 2.09 bits per heavy atom. The fraction of sp³-hybridized carbons (Fsp3) is 0.172. The van der Waals surface area contributed by atoms with Crippen LogP contribution in [0.3, 0.4) is 0 Å². The van der Waals surface area contributed by atoms with Crippen LogP contribution in [0.5, 0.6) is 0 Å². The Kier molecular flexibility index (Phi) is 6.35. The number of carbonyl (C=O) groups is 2. The van der Waals surface area contributed by atoms with Crippen LogP contribution in [-0.4, -0.2) is 33.2 Å². The molecule has 1 atom stereocenters. The quantitative estimate of drug-likeness (QED) is 0.448. The molecule has 1 aliphatic rings. The van der Waals surface area contributed by atoms with Gasteiger partial charge >= 0.3 is 0 Å². The summed E-state index contributed by atoms with van der Waals surface area (Å²) in [5.74, 6) is -0.213. The van der Waals surface area contributed by atoms with E-state index in [0.717, 1.165) is 35.2 Å². The van der Waals surface area contributed by atoms with Crippen molar-refractivity contribution in [3.8, 4) is 11.4 Å². The third-order valence-electron chi connectivity index (χ3n) is 6.49. The van der Waals surface area contributed by atoms with Crippen molar-refractivity contribution < 1.29 is 9.59 Å². The van der Waals surface area contributed by atoms with E-state index in [4.69, 9.17) is 10.7 Å². The molecule has 1 aliphatic heterocycles. The van der Waals surface area contributed by atoms with Gasteiger partial charge in [0.05, 0.1) is 17.7 Å². The van der Waals surface area contributed by atoms with Gasteiger partial charge in [0, 0.05) is 23.9 Å². The van der Waals surface area contributed by atoms with Crippen LogP contribution in [0.25, 0.3) is 11.4 Å². The predicted octanol–water partition coefficient (Wildman–Crippen LogP) is 4.74. The standard InChI is InChI=1S/C29H26N4O2/c30-27(34)22-13-15-23(16-14-22)28-31-18-17-24(32-28)25-12-7-19-33(25)29(35)26(20-8-3-1-4-9-20)21-10-5-2-6-11-21/h1-6,8-11,13-18,25-26H,7,12,19H2,(H2,30,34)/t25-/m0/s1. The number of carbonyl (C=O) groups excluding carboxylic acids is 2. The molecule has 0 unspecified atom stereocenters. The molecule has 4 aromatic rings. The number of likely N-dealkylation sites (tertiary alicyclic amines) is 1. The maximum Gasteiger partial charge on any atom is 0.248 e. The molecule has 0 bridgehead atoms. The van der Waals surface area contributed by atoms with Crippen molar-refractivity contribution in [1.82, 2.24) is 14.9 Å². The van der Waals surface area contributed by atoms with Crippen LogP contribution in [0.2, 0.25) is 0 Å². The largest absolute Gasteiger partial charge is 0.366 e. The molecule has 1 saturated heterocycles. The van der Waals surface area contributed by atoms with Crippen molar-refractivity contribution in [1.29, 1.82) is 0 Å². The highest BCUT2D eigenvalue weighted by molar-refractivity contribution is 5.93. The Labute approximate surface area is 204 Å². The highest BCUT2D eigenvalue weighted by Crippen LogP contribution is 2.36. The number of amides is 2. The Bertz CT molecular complexity index is 1280. The zero-order valence-corrected chi connectivity index (χ0v) is 19.2. The lowest BCUT2D eigenvalue weighted by Crippen LogP contribution is -2.35. The molecule has 6 nitrogen and oxygen atoms in total. The first-order valence-electron chi connectivity index (χ1n) is 11.8. The summed E-state index contributed by atoms with van der Waals surface area (Å²) in [7, 11) is 0. The Morgan fingerprint density at radius 1 is 0.857 bits per heavy atom. The normalized spacial score (nSPS) is 15.3. The minimum Gasteiger partial charge on any atom is -0.366 e. The van der Waals surface area contributed by atoms with E-state index in [1.165, 1.54) is 0 Å². The fourth-order valence-corrected chi connectivity index (χ4v) is 4.75. The number of rotatable bonds is 6. The second-order valence-corrected chi connectivity index (χ2v) is 8.69. The van der Waals surface area contributed by atoms with Crippen LogP contribution in [0.15, 0.2) is 97.2 Å². The minimum atomic E-state index is -0.474. The number of benzene rings is 3. The van der Waals surface area contributed by atoms with Gasteiger partial charge in [-0.05, 0) is 42.2 Å². The molecule has 1 aromatic heterocycles. The van der Waals surface area contributed by atoms with Crippen molar-refractivity contribution in [3.05, 3.63) is 120 Å². The molecular formula is C29H26N4O2. The molecule has 6 heteroatoms. The van der Waals surface area contributed by atoms with E-state index in [-0.39, 0.29) is 17.9 Å². The van der Waals surface area contributed by atoms with Gasteiger partial charge in [0.25, 0.3) is 0 Å². The number of nitrogens with zero attached hydrogens (tertiary/aromatic N) is 3. The average Bonchev–Trinajstić information content (AvgIpc) is 3.40. The summed E-state index contributed by atoms with van der Waals surface area (Å²) in [4.78, 5) is 36.6. The van der Waals surface area contributed by atoms with Gasteiger partial charge in [0.1, 0.15) is 0 Å². The minimum absolute atomic E-state index is 0.0795. The number of primary amides is 1. The van der Waals surface area contributed by atoms with Gasteiger partial charge in [-0.2, -0.15) is 0 Å². The summed E-state index contributed by atoms with van der Waals surface area (Å²) in [5, 5.41) is 0. The predicted molar refractivity (Wildman–Crippen MR) is 134 cm³/mol. The second-order valence-electron chi connectivity index (χ2n) is 8.69. The van der Waals surface area contributed by atoms with Crippen LogP contribution in [0.4, 0.5) is 0 Å². The topological polar surface area (TPSA) is 89.2 Å². The molecule has 35 heavy (non-hydrogen) atoms. The number of hydrogen-bond donors (Lipinski definition) is 1. The molecule has 3 aromatic carbocycles. The zero-order chi connectivity index (χ0) is 24.2. The first-order chi connectivity index (χ1) is 17.1. The molecule has 0 radical (unpaired) electrons. The number of aromatic nitrogens is 2. The first-order valence-corrected chi connectivity index (χ1v) is 11.8. The van der Waals surface area contributed by atoms with E-state index >= 15 is 0 Å². The lowest BCUT2D eigenvalue weighted by Gasteiger charge is -2.29.